The van der Waals surface area contributed by atoms with Crippen molar-refractivity contribution in [2.75, 3.05) is 18.6 Å². The molecule has 98 valence electrons. The van der Waals surface area contributed by atoms with E-state index in [4.69, 9.17) is 5.11 Å². The van der Waals surface area contributed by atoms with Crippen molar-refractivity contribution in [3.63, 3.8) is 0 Å². The maximum absolute atomic E-state index is 11.9. The van der Waals surface area contributed by atoms with E-state index in [0.29, 0.717) is 12.8 Å². The van der Waals surface area contributed by atoms with Gasteiger partial charge >= 0.3 is 0 Å². The molecule has 1 N–H and O–H groups in total. The summed E-state index contributed by atoms with van der Waals surface area (Å²) in [5.74, 6) is 0.0693. The highest BCUT2D eigenvalue weighted by Crippen LogP contribution is 2.26. The van der Waals surface area contributed by atoms with Crippen LogP contribution in [0.25, 0.3) is 0 Å². The number of anilines is 1. The van der Waals surface area contributed by atoms with Crippen molar-refractivity contribution in [1.29, 1.82) is 0 Å². The summed E-state index contributed by atoms with van der Waals surface area (Å²) < 4.78 is 0. The van der Waals surface area contributed by atoms with Gasteiger partial charge < -0.3 is 10.0 Å². The number of aliphatic hydroxyl groups excluding tert-OH is 1. The summed E-state index contributed by atoms with van der Waals surface area (Å²) in [7, 11) is 1.81. The Morgan fingerprint density at radius 2 is 2.00 bits per heavy atom. The predicted octanol–water partition coefficient (Wildman–Crippen LogP) is 2.30. The molecule has 3 nitrogen and oxygen atoms in total. The lowest BCUT2D eigenvalue weighted by Gasteiger charge is -2.21. The van der Waals surface area contributed by atoms with E-state index in [1.807, 2.05) is 13.1 Å². The Morgan fingerprint density at radius 1 is 1.28 bits per heavy atom. The Morgan fingerprint density at radius 3 is 2.72 bits per heavy atom. The number of hydrogen-bond donors (Lipinski definition) is 1. The molecule has 1 aliphatic rings. The molecular weight excluding hydrogens is 226 g/mol. The smallest absolute Gasteiger partial charge is 0.226 e. The molecule has 2 rings (SSSR count). The van der Waals surface area contributed by atoms with Crippen LogP contribution in [0, 0.1) is 0 Å². The fraction of sp³-hybridized carbons (Fsp3) is 0.533. The van der Waals surface area contributed by atoms with Crippen LogP contribution in [0.5, 0.6) is 0 Å². The molecule has 1 aromatic carbocycles. The van der Waals surface area contributed by atoms with Crippen molar-refractivity contribution in [3.8, 4) is 0 Å². The quantitative estimate of drug-likeness (QED) is 0.887. The Kier molecular flexibility index (Phi) is 4.37. The number of aliphatic hydroxyl groups is 1. The molecule has 0 radical (unpaired) electrons. The third-order valence-corrected chi connectivity index (χ3v) is 3.64. The number of rotatable bonds is 4. The Bertz CT molecular complexity index is 429. The highest BCUT2D eigenvalue weighted by Gasteiger charge is 2.14. The molecule has 1 aliphatic carbocycles. The van der Waals surface area contributed by atoms with Crippen LogP contribution in [-0.4, -0.2) is 24.7 Å². The minimum atomic E-state index is 0.0693. The second kappa shape index (κ2) is 6.01. The fourth-order valence-electron chi connectivity index (χ4n) is 2.47. The van der Waals surface area contributed by atoms with Gasteiger partial charge in [-0.2, -0.15) is 0 Å². The number of nitrogens with zero attached hydrogens (tertiary/aromatic N) is 1. The van der Waals surface area contributed by atoms with E-state index in [1.165, 1.54) is 24.0 Å². The highest BCUT2D eigenvalue weighted by molar-refractivity contribution is 5.92. The summed E-state index contributed by atoms with van der Waals surface area (Å²) in [6.45, 7) is 0.0732. The van der Waals surface area contributed by atoms with Crippen LogP contribution in [0.15, 0.2) is 18.2 Å². The topological polar surface area (TPSA) is 40.5 Å². The van der Waals surface area contributed by atoms with Crippen LogP contribution in [0.3, 0.4) is 0 Å². The largest absolute Gasteiger partial charge is 0.396 e. The highest BCUT2D eigenvalue weighted by atomic mass is 16.3. The van der Waals surface area contributed by atoms with Crippen LogP contribution in [0.4, 0.5) is 5.69 Å². The molecule has 0 saturated heterocycles. The van der Waals surface area contributed by atoms with E-state index in [1.54, 1.807) is 4.90 Å². The van der Waals surface area contributed by atoms with Crippen molar-refractivity contribution in [2.24, 2.45) is 0 Å². The number of hydrogen-bond acceptors (Lipinski definition) is 2. The average Bonchev–Trinajstić information content (AvgIpc) is 2.43. The lowest BCUT2D eigenvalue weighted by atomic mass is 9.91. The SMILES string of the molecule is CN(C(=O)CCCO)c1ccc2c(c1)CCCC2. The summed E-state index contributed by atoms with van der Waals surface area (Å²) in [6.07, 6.45) is 5.76. The minimum Gasteiger partial charge on any atom is -0.396 e. The van der Waals surface area contributed by atoms with Crippen molar-refractivity contribution in [3.05, 3.63) is 29.3 Å². The first-order valence-electron chi connectivity index (χ1n) is 6.71. The molecule has 3 heteroatoms. The molecule has 1 amide bonds. The normalized spacial score (nSPS) is 14.1. The monoisotopic (exact) mass is 247 g/mol. The van der Waals surface area contributed by atoms with Crippen LogP contribution in [0.1, 0.15) is 36.8 Å². The van der Waals surface area contributed by atoms with E-state index in [0.717, 1.165) is 18.5 Å². The first kappa shape index (κ1) is 13.1. The predicted molar refractivity (Wildman–Crippen MR) is 72.8 cm³/mol. The van der Waals surface area contributed by atoms with Gasteiger partial charge in [0.05, 0.1) is 0 Å². The van der Waals surface area contributed by atoms with Gasteiger partial charge in [0.15, 0.2) is 0 Å². The zero-order valence-corrected chi connectivity index (χ0v) is 11.0. The van der Waals surface area contributed by atoms with Gasteiger partial charge in [0.2, 0.25) is 5.91 Å². The van der Waals surface area contributed by atoms with E-state index in [2.05, 4.69) is 12.1 Å². The summed E-state index contributed by atoms with van der Waals surface area (Å²) in [5.41, 5.74) is 3.79. The van der Waals surface area contributed by atoms with Crippen LogP contribution >= 0.6 is 0 Å². The molecule has 0 aliphatic heterocycles. The third-order valence-electron chi connectivity index (χ3n) is 3.64. The van der Waals surface area contributed by atoms with E-state index in [-0.39, 0.29) is 12.5 Å². The first-order chi connectivity index (χ1) is 8.72. The van der Waals surface area contributed by atoms with Gasteiger partial charge in [-0.05, 0) is 55.4 Å². The van der Waals surface area contributed by atoms with E-state index < -0.39 is 0 Å². The Hall–Kier alpha value is -1.35. The van der Waals surface area contributed by atoms with Gasteiger partial charge in [0.1, 0.15) is 0 Å². The molecule has 0 spiro atoms. The third kappa shape index (κ3) is 2.91. The zero-order chi connectivity index (χ0) is 13.0. The lowest BCUT2D eigenvalue weighted by Crippen LogP contribution is -2.26. The molecule has 18 heavy (non-hydrogen) atoms. The lowest BCUT2D eigenvalue weighted by molar-refractivity contribution is -0.118. The standard InChI is InChI=1S/C15H21NO2/c1-16(15(18)7-4-10-17)14-9-8-12-5-2-3-6-13(12)11-14/h8-9,11,17H,2-7,10H2,1H3. The van der Waals surface area contributed by atoms with Gasteiger partial charge in [-0.15, -0.1) is 0 Å². The minimum absolute atomic E-state index is 0.0693. The number of benzene rings is 1. The number of amides is 1. The first-order valence-corrected chi connectivity index (χ1v) is 6.71. The zero-order valence-electron chi connectivity index (χ0n) is 11.0. The summed E-state index contributed by atoms with van der Waals surface area (Å²) in [5, 5.41) is 8.75. The molecular formula is C15H21NO2. The summed E-state index contributed by atoms with van der Waals surface area (Å²) in [4.78, 5) is 13.6. The molecule has 0 saturated carbocycles. The Labute approximate surface area is 108 Å². The number of carbonyl (C=O) groups excluding carboxylic acids is 1. The van der Waals surface area contributed by atoms with Crippen LogP contribution in [0.2, 0.25) is 0 Å². The second-order valence-electron chi connectivity index (χ2n) is 4.94. The van der Waals surface area contributed by atoms with Gasteiger partial charge in [-0.25, -0.2) is 0 Å². The van der Waals surface area contributed by atoms with Crippen molar-refractivity contribution in [1.82, 2.24) is 0 Å². The molecule has 0 heterocycles. The molecule has 0 fully saturated rings. The maximum Gasteiger partial charge on any atom is 0.226 e. The van der Waals surface area contributed by atoms with Crippen molar-refractivity contribution >= 4 is 11.6 Å². The van der Waals surface area contributed by atoms with Gasteiger partial charge in [-0.1, -0.05) is 6.07 Å². The number of aryl methyl sites for hydroxylation is 2. The number of carbonyl (C=O) groups is 1. The second-order valence-corrected chi connectivity index (χ2v) is 4.94. The molecule has 1 aromatic rings. The van der Waals surface area contributed by atoms with Gasteiger partial charge in [0, 0.05) is 25.8 Å². The van der Waals surface area contributed by atoms with Gasteiger partial charge in [0.25, 0.3) is 0 Å². The van der Waals surface area contributed by atoms with Crippen molar-refractivity contribution < 1.29 is 9.90 Å². The van der Waals surface area contributed by atoms with Gasteiger partial charge in [-0.3, -0.25) is 4.79 Å². The molecule has 0 aromatic heterocycles. The average molecular weight is 247 g/mol. The maximum atomic E-state index is 11.9. The summed E-state index contributed by atoms with van der Waals surface area (Å²) in [6, 6.07) is 6.33. The number of fused-ring (bicyclic) bond motifs is 1. The molecule has 0 unspecified atom stereocenters. The summed E-state index contributed by atoms with van der Waals surface area (Å²) >= 11 is 0. The Balaban J connectivity index is 2.10. The van der Waals surface area contributed by atoms with Crippen LogP contribution < -0.4 is 4.90 Å². The molecule has 0 bridgehead atoms. The molecule has 0 atom stereocenters. The van der Waals surface area contributed by atoms with E-state index >= 15 is 0 Å². The van der Waals surface area contributed by atoms with Crippen molar-refractivity contribution in [2.45, 2.75) is 38.5 Å². The van der Waals surface area contributed by atoms with E-state index in [9.17, 15) is 4.79 Å². The van der Waals surface area contributed by atoms with Crippen LogP contribution in [-0.2, 0) is 17.6 Å². The fourth-order valence-corrected chi connectivity index (χ4v) is 2.47.